The highest BCUT2D eigenvalue weighted by Gasteiger charge is 2.33. The van der Waals surface area contributed by atoms with E-state index in [1.165, 1.54) is 22.2 Å². The number of hydrogen-bond acceptors (Lipinski definition) is 6. The van der Waals surface area contributed by atoms with Gasteiger partial charge in [0.15, 0.2) is 9.41 Å². The maximum absolute atomic E-state index is 12.9. The number of rotatable bonds is 6. The number of anilines is 1. The molecule has 1 fully saturated rings. The fourth-order valence-electron chi connectivity index (χ4n) is 2.79. The molecule has 1 amide bonds. The highest BCUT2D eigenvalue weighted by molar-refractivity contribution is 8.27. The first kappa shape index (κ1) is 19.8. The Kier molecular flexibility index (Phi) is 6.08. The van der Waals surface area contributed by atoms with Crippen molar-refractivity contribution in [2.24, 2.45) is 0 Å². The third-order valence-electron chi connectivity index (χ3n) is 4.20. The van der Waals surface area contributed by atoms with Crippen molar-refractivity contribution in [3.8, 4) is 5.75 Å². The van der Waals surface area contributed by atoms with E-state index in [4.69, 9.17) is 21.4 Å². The first-order chi connectivity index (χ1) is 14.1. The van der Waals surface area contributed by atoms with Crippen molar-refractivity contribution in [1.82, 2.24) is 0 Å². The Morgan fingerprint density at radius 2 is 1.97 bits per heavy atom. The van der Waals surface area contributed by atoms with Crippen molar-refractivity contribution in [1.29, 1.82) is 0 Å². The maximum Gasteiger partial charge on any atom is 0.270 e. The zero-order chi connectivity index (χ0) is 20.2. The van der Waals surface area contributed by atoms with Crippen LogP contribution in [0.5, 0.6) is 5.75 Å². The number of ether oxygens (including phenoxy) is 1. The van der Waals surface area contributed by atoms with E-state index in [-0.39, 0.29) is 5.91 Å². The zero-order valence-corrected chi connectivity index (χ0v) is 18.0. The van der Waals surface area contributed by atoms with Gasteiger partial charge in [0.2, 0.25) is 0 Å². The SMILES string of the molecule is COc1cccc(N2C(=O)/C(=C/c3ccc(SCc4ccccc4)o3)SC2=S)c1. The normalized spacial score (nSPS) is 15.3. The average Bonchev–Trinajstić information content (AvgIpc) is 3.31. The Morgan fingerprint density at radius 3 is 2.76 bits per heavy atom. The average molecular weight is 440 g/mol. The van der Waals surface area contributed by atoms with Gasteiger partial charge in [0.25, 0.3) is 5.91 Å². The second kappa shape index (κ2) is 8.90. The van der Waals surface area contributed by atoms with Crippen LogP contribution in [0.4, 0.5) is 5.69 Å². The maximum atomic E-state index is 12.9. The fourth-order valence-corrected chi connectivity index (χ4v) is 4.89. The molecule has 4 rings (SSSR count). The third kappa shape index (κ3) is 4.58. The molecule has 0 aliphatic carbocycles. The number of methoxy groups -OCH3 is 1. The molecule has 29 heavy (non-hydrogen) atoms. The first-order valence-corrected chi connectivity index (χ1v) is 11.0. The molecule has 1 aliphatic rings. The zero-order valence-electron chi connectivity index (χ0n) is 15.5. The van der Waals surface area contributed by atoms with Crippen molar-refractivity contribution >= 4 is 57.7 Å². The van der Waals surface area contributed by atoms with Gasteiger partial charge >= 0.3 is 0 Å². The molecule has 0 saturated carbocycles. The summed E-state index contributed by atoms with van der Waals surface area (Å²) in [7, 11) is 1.59. The van der Waals surface area contributed by atoms with Gasteiger partial charge in [-0.2, -0.15) is 0 Å². The highest BCUT2D eigenvalue weighted by atomic mass is 32.2. The molecule has 1 aromatic heterocycles. The molecule has 0 unspecified atom stereocenters. The number of amides is 1. The number of hydrogen-bond donors (Lipinski definition) is 0. The molecule has 7 heteroatoms. The lowest BCUT2D eigenvalue weighted by atomic mass is 10.2. The van der Waals surface area contributed by atoms with Crippen molar-refractivity contribution in [3.63, 3.8) is 0 Å². The molecule has 0 bridgehead atoms. The summed E-state index contributed by atoms with van der Waals surface area (Å²) in [6, 6.07) is 21.3. The minimum atomic E-state index is -0.164. The topological polar surface area (TPSA) is 42.7 Å². The van der Waals surface area contributed by atoms with E-state index in [1.807, 2.05) is 48.5 Å². The van der Waals surface area contributed by atoms with Crippen LogP contribution < -0.4 is 9.64 Å². The van der Waals surface area contributed by atoms with Crippen molar-refractivity contribution in [3.05, 3.63) is 83.0 Å². The molecule has 1 saturated heterocycles. The Morgan fingerprint density at radius 1 is 1.14 bits per heavy atom. The standard InChI is InChI=1S/C22H17NO3S3/c1-25-17-9-5-8-16(12-17)23-21(24)19(29-22(23)27)13-18-10-11-20(26-18)28-14-15-6-3-2-4-7-15/h2-13H,14H2,1H3/b19-13-. The molecule has 2 aromatic carbocycles. The van der Waals surface area contributed by atoms with Crippen LogP contribution in [0.15, 0.2) is 81.1 Å². The quantitative estimate of drug-likeness (QED) is 0.267. The number of nitrogens with zero attached hydrogens (tertiary/aromatic N) is 1. The summed E-state index contributed by atoms with van der Waals surface area (Å²) in [5.41, 5.74) is 1.92. The van der Waals surface area contributed by atoms with Crippen molar-refractivity contribution in [2.75, 3.05) is 12.0 Å². The summed E-state index contributed by atoms with van der Waals surface area (Å²) in [4.78, 5) is 14.9. The Bertz CT molecular complexity index is 1080. The second-order valence-electron chi connectivity index (χ2n) is 6.15. The minimum absolute atomic E-state index is 0.164. The summed E-state index contributed by atoms with van der Waals surface area (Å²) in [5, 5.41) is 0.809. The molecule has 2 heterocycles. The predicted molar refractivity (Wildman–Crippen MR) is 123 cm³/mol. The van der Waals surface area contributed by atoms with E-state index in [9.17, 15) is 4.79 Å². The predicted octanol–water partition coefficient (Wildman–Crippen LogP) is 5.99. The van der Waals surface area contributed by atoms with Gasteiger partial charge in [-0.05, 0) is 29.8 Å². The lowest BCUT2D eigenvalue weighted by molar-refractivity contribution is -0.113. The Labute approximate surface area is 182 Å². The second-order valence-corrected chi connectivity index (χ2v) is 8.81. The van der Waals surface area contributed by atoms with E-state index < -0.39 is 0 Å². The van der Waals surface area contributed by atoms with Crippen LogP contribution in [0.2, 0.25) is 0 Å². The van der Waals surface area contributed by atoms with E-state index in [1.54, 1.807) is 31.0 Å². The summed E-state index contributed by atoms with van der Waals surface area (Å²) in [6.45, 7) is 0. The number of carbonyl (C=O) groups is 1. The molecule has 1 aliphatic heterocycles. The molecule has 0 atom stereocenters. The molecule has 4 nitrogen and oxygen atoms in total. The van der Waals surface area contributed by atoms with Gasteiger partial charge in [-0.15, -0.1) is 0 Å². The van der Waals surface area contributed by atoms with E-state index in [2.05, 4.69) is 12.1 Å². The van der Waals surface area contributed by atoms with Crippen LogP contribution in [0.3, 0.4) is 0 Å². The molecule has 0 radical (unpaired) electrons. The van der Waals surface area contributed by atoms with Gasteiger partial charge in [0.1, 0.15) is 11.5 Å². The Balaban J connectivity index is 1.48. The lowest BCUT2D eigenvalue weighted by Gasteiger charge is -2.15. The summed E-state index contributed by atoms with van der Waals surface area (Å²) in [5.74, 6) is 1.97. The van der Waals surface area contributed by atoms with Crippen LogP contribution in [0.1, 0.15) is 11.3 Å². The van der Waals surface area contributed by atoms with Gasteiger partial charge in [0, 0.05) is 17.9 Å². The van der Waals surface area contributed by atoms with Crippen molar-refractivity contribution in [2.45, 2.75) is 10.8 Å². The summed E-state index contributed by atoms with van der Waals surface area (Å²) in [6.07, 6.45) is 1.74. The van der Waals surface area contributed by atoms with Crippen LogP contribution in [0, 0.1) is 0 Å². The Hall–Kier alpha value is -2.48. The van der Waals surface area contributed by atoms with E-state index in [0.717, 1.165) is 10.8 Å². The van der Waals surface area contributed by atoms with Crippen LogP contribution >= 0.6 is 35.7 Å². The molecule has 0 spiro atoms. The van der Waals surface area contributed by atoms with E-state index >= 15 is 0 Å². The molecule has 146 valence electrons. The largest absolute Gasteiger partial charge is 0.497 e. The monoisotopic (exact) mass is 439 g/mol. The highest BCUT2D eigenvalue weighted by Crippen LogP contribution is 2.37. The van der Waals surface area contributed by atoms with Crippen molar-refractivity contribution < 1.29 is 13.9 Å². The van der Waals surface area contributed by atoms with Gasteiger partial charge in [-0.3, -0.25) is 9.69 Å². The number of thioether (sulfide) groups is 2. The van der Waals surface area contributed by atoms with Gasteiger partial charge in [0.05, 0.1) is 17.7 Å². The van der Waals surface area contributed by atoms with Gasteiger partial charge in [-0.1, -0.05) is 72.1 Å². The summed E-state index contributed by atoms with van der Waals surface area (Å²) < 4.78 is 11.6. The van der Waals surface area contributed by atoms with Crippen LogP contribution in [0.25, 0.3) is 6.08 Å². The van der Waals surface area contributed by atoms with Crippen LogP contribution in [-0.2, 0) is 10.5 Å². The minimum Gasteiger partial charge on any atom is -0.497 e. The molecule has 0 N–H and O–H groups in total. The first-order valence-electron chi connectivity index (χ1n) is 8.82. The number of carbonyl (C=O) groups excluding carboxylic acids is 1. The van der Waals surface area contributed by atoms with Crippen LogP contribution in [-0.4, -0.2) is 17.3 Å². The lowest BCUT2D eigenvalue weighted by Crippen LogP contribution is -2.27. The van der Waals surface area contributed by atoms with Gasteiger partial charge < -0.3 is 9.15 Å². The number of thiocarbonyl (C=S) groups is 1. The summed E-state index contributed by atoms with van der Waals surface area (Å²) >= 11 is 8.31. The third-order valence-corrected chi connectivity index (χ3v) is 6.49. The fraction of sp³-hybridized carbons (Fsp3) is 0.0909. The van der Waals surface area contributed by atoms with Gasteiger partial charge in [-0.25, -0.2) is 0 Å². The van der Waals surface area contributed by atoms with E-state index in [0.29, 0.717) is 26.4 Å². The number of furan rings is 1. The molecule has 3 aromatic rings. The smallest absolute Gasteiger partial charge is 0.270 e. The molecular formula is C22H17NO3S3. The molecular weight excluding hydrogens is 422 g/mol. The number of benzene rings is 2.